The fourth-order valence-electron chi connectivity index (χ4n) is 1.50. The molecule has 1 N–H and O–H groups in total. The number of nitrogens with one attached hydrogen (secondary N) is 1. The highest BCUT2D eigenvalue weighted by molar-refractivity contribution is 5.87. The number of ether oxygens (including phenoxy) is 1. The summed E-state index contributed by atoms with van der Waals surface area (Å²) in [6.07, 6.45) is 1.43. The fourth-order valence-corrected chi connectivity index (χ4v) is 1.50. The molecule has 88 valence electrons. The van der Waals surface area contributed by atoms with Gasteiger partial charge < -0.3 is 4.74 Å². The monoisotopic (exact) mass is 233 g/mol. The summed E-state index contributed by atoms with van der Waals surface area (Å²) >= 11 is 0. The van der Waals surface area contributed by atoms with Crippen LogP contribution in [-0.4, -0.2) is 22.2 Å². The van der Waals surface area contributed by atoms with Gasteiger partial charge in [-0.25, -0.2) is 0 Å². The lowest BCUT2D eigenvalue weighted by Crippen LogP contribution is -1.93. The van der Waals surface area contributed by atoms with Gasteiger partial charge in [-0.05, 0) is 18.2 Å². The number of methoxy groups -OCH3 is 1. The predicted molar refractivity (Wildman–Crippen MR) is 63.3 cm³/mol. The SMILES string of the molecule is COc1ccc2[nH]nc(C=C(C)[N+](=O)[O-])c2c1. The summed E-state index contributed by atoms with van der Waals surface area (Å²) in [5.41, 5.74) is 1.39. The molecule has 17 heavy (non-hydrogen) atoms. The van der Waals surface area contributed by atoms with E-state index in [1.165, 1.54) is 13.0 Å². The van der Waals surface area contributed by atoms with E-state index in [1.807, 2.05) is 6.07 Å². The third-order valence-corrected chi connectivity index (χ3v) is 2.43. The zero-order valence-electron chi connectivity index (χ0n) is 9.43. The molecule has 0 fully saturated rings. The highest BCUT2D eigenvalue weighted by Gasteiger charge is 2.09. The molecule has 1 aromatic heterocycles. The second kappa shape index (κ2) is 4.25. The van der Waals surface area contributed by atoms with E-state index in [-0.39, 0.29) is 5.70 Å². The van der Waals surface area contributed by atoms with Crippen LogP contribution in [0.2, 0.25) is 0 Å². The molecule has 0 saturated carbocycles. The van der Waals surface area contributed by atoms with Crippen LogP contribution >= 0.6 is 0 Å². The van der Waals surface area contributed by atoms with Crippen molar-refractivity contribution in [2.45, 2.75) is 6.92 Å². The Hall–Kier alpha value is -2.37. The second-order valence-corrected chi connectivity index (χ2v) is 3.56. The van der Waals surface area contributed by atoms with Crippen molar-refractivity contribution in [3.05, 3.63) is 39.7 Å². The van der Waals surface area contributed by atoms with Gasteiger partial charge in [0.25, 0.3) is 0 Å². The molecular formula is C11H11N3O3. The van der Waals surface area contributed by atoms with Crippen molar-refractivity contribution in [1.82, 2.24) is 10.2 Å². The summed E-state index contributed by atoms with van der Waals surface area (Å²) < 4.78 is 5.10. The maximum atomic E-state index is 10.6. The molecule has 1 aromatic carbocycles. The Kier molecular flexibility index (Phi) is 2.78. The molecule has 0 spiro atoms. The number of H-pyrrole nitrogens is 1. The first kappa shape index (κ1) is 11.1. The van der Waals surface area contributed by atoms with Crippen molar-refractivity contribution >= 4 is 17.0 Å². The third kappa shape index (κ3) is 2.10. The molecular weight excluding hydrogens is 222 g/mol. The van der Waals surface area contributed by atoms with Crippen LogP contribution in [0.15, 0.2) is 23.9 Å². The Morgan fingerprint density at radius 3 is 3.00 bits per heavy atom. The van der Waals surface area contributed by atoms with Crippen LogP contribution < -0.4 is 4.74 Å². The molecule has 6 nitrogen and oxygen atoms in total. The van der Waals surface area contributed by atoms with Crippen LogP contribution in [-0.2, 0) is 0 Å². The van der Waals surface area contributed by atoms with E-state index in [2.05, 4.69) is 10.2 Å². The topological polar surface area (TPSA) is 81.0 Å². The van der Waals surface area contributed by atoms with Gasteiger partial charge >= 0.3 is 0 Å². The maximum Gasteiger partial charge on any atom is 0.245 e. The van der Waals surface area contributed by atoms with Crippen LogP contribution in [0.5, 0.6) is 5.75 Å². The first-order chi connectivity index (χ1) is 8.11. The van der Waals surface area contributed by atoms with Gasteiger partial charge in [-0.1, -0.05) is 0 Å². The molecule has 0 saturated heterocycles. The molecule has 2 aromatic rings. The van der Waals surface area contributed by atoms with E-state index in [0.717, 1.165) is 10.9 Å². The van der Waals surface area contributed by atoms with Gasteiger partial charge in [0.15, 0.2) is 0 Å². The van der Waals surface area contributed by atoms with Gasteiger partial charge in [-0.15, -0.1) is 0 Å². The zero-order valence-corrected chi connectivity index (χ0v) is 9.43. The highest BCUT2D eigenvalue weighted by atomic mass is 16.6. The molecule has 1 heterocycles. The number of benzene rings is 1. The number of rotatable bonds is 3. The maximum absolute atomic E-state index is 10.6. The molecule has 2 rings (SSSR count). The van der Waals surface area contributed by atoms with Gasteiger partial charge in [0, 0.05) is 18.4 Å². The van der Waals surface area contributed by atoms with E-state index in [1.54, 1.807) is 19.2 Å². The molecule has 0 aliphatic carbocycles. The normalized spacial score (nSPS) is 11.8. The molecule has 0 unspecified atom stereocenters. The van der Waals surface area contributed by atoms with Crippen molar-refractivity contribution < 1.29 is 9.66 Å². The zero-order chi connectivity index (χ0) is 12.4. The van der Waals surface area contributed by atoms with E-state index < -0.39 is 4.92 Å². The Morgan fingerprint density at radius 1 is 1.59 bits per heavy atom. The number of allylic oxidation sites excluding steroid dienone is 1. The van der Waals surface area contributed by atoms with E-state index in [0.29, 0.717) is 11.4 Å². The van der Waals surface area contributed by atoms with Gasteiger partial charge in [0.05, 0.1) is 23.2 Å². The van der Waals surface area contributed by atoms with E-state index in [9.17, 15) is 10.1 Å². The van der Waals surface area contributed by atoms with Crippen LogP contribution in [0.1, 0.15) is 12.6 Å². The van der Waals surface area contributed by atoms with Crippen molar-refractivity contribution in [1.29, 1.82) is 0 Å². The lowest BCUT2D eigenvalue weighted by Gasteiger charge is -1.98. The van der Waals surface area contributed by atoms with Gasteiger partial charge in [-0.3, -0.25) is 15.2 Å². The molecule has 0 aliphatic rings. The average Bonchev–Trinajstić information content (AvgIpc) is 2.71. The number of nitro groups is 1. The number of nitrogens with zero attached hydrogens (tertiary/aromatic N) is 2. The van der Waals surface area contributed by atoms with Gasteiger partial charge in [-0.2, -0.15) is 5.10 Å². The minimum Gasteiger partial charge on any atom is -0.497 e. The molecule has 0 atom stereocenters. The van der Waals surface area contributed by atoms with Crippen LogP contribution in [0.4, 0.5) is 0 Å². The van der Waals surface area contributed by atoms with E-state index in [4.69, 9.17) is 4.74 Å². The largest absolute Gasteiger partial charge is 0.497 e. The molecule has 6 heteroatoms. The summed E-state index contributed by atoms with van der Waals surface area (Å²) in [4.78, 5) is 10.1. The Balaban J connectivity index is 2.55. The summed E-state index contributed by atoms with van der Waals surface area (Å²) in [6.45, 7) is 1.43. The number of aromatic nitrogens is 2. The number of aromatic amines is 1. The van der Waals surface area contributed by atoms with E-state index >= 15 is 0 Å². The minimum absolute atomic E-state index is 0.0428. The summed E-state index contributed by atoms with van der Waals surface area (Å²) in [5, 5.41) is 18.2. The lowest BCUT2D eigenvalue weighted by molar-refractivity contribution is -0.422. The first-order valence-electron chi connectivity index (χ1n) is 4.96. The summed E-state index contributed by atoms with van der Waals surface area (Å²) in [6, 6.07) is 5.41. The number of hydrogen-bond donors (Lipinski definition) is 1. The standard InChI is InChI=1S/C11H11N3O3/c1-7(14(15)16)5-11-9-6-8(17-2)3-4-10(9)12-13-11/h3-6H,1-2H3,(H,12,13). The number of fused-ring (bicyclic) bond motifs is 1. The summed E-state index contributed by atoms with van der Waals surface area (Å²) in [5.74, 6) is 0.687. The Labute approximate surface area is 97.0 Å². The van der Waals surface area contributed by atoms with Crippen molar-refractivity contribution in [2.24, 2.45) is 0 Å². The second-order valence-electron chi connectivity index (χ2n) is 3.56. The summed E-state index contributed by atoms with van der Waals surface area (Å²) in [7, 11) is 1.57. The van der Waals surface area contributed by atoms with Crippen LogP contribution in [0.25, 0.3) is 17.0 Å². The fraction of sp³-hybridized carbons (Fsp3) is 0.182. The molecule has 0 bridgehead atoms. The quantitative estimate of drug-likeness (QED) is 0.650. The third-order valence-electron chi connectivity index (χ3n) is 2.43. The molecule has 0 aliphatic heterocycles. The van der Waals surface area contributed by atoms with Crippen LogP contribution in [0, 0.1) is 10.1 Å². The average molecular weight is 233 g/mol. The molecule has 0 amide bonds. The smallest absolute Gasteiger partial charge is 0.245 e. The molecule has 0 radical (unpaired) electrons. The van der Waals surface area contributed by atoms with Gasteiger partial charge in [0.1, 0.15) is 5.75 Å². The van der Waals surface area contributed by atoms with Crippen molar-refractivity contribution in [2.75, 3.05) is 7.11 Å². The Bertz CT molecular complexity index is 601. The first-order valence-corrected chi connectivity index (χ1v) is 4.96. The number of hydrogen-bond acceptors (Lipinski definition) is 4. The highest BCUT2D eigenvalue weighted by Crippen LogP contribution is 2.23. The Morgan fingerprint density at radius 2 is 2.35 bits per heavy atom. The van der Waals surface area contributed by atoms with Gasteiger partial charge in [0.2, 0.25) is 5.70 Å². The predicted octanol–water partition coefficient (Wildman–Crippen LogP) is 2.21. The van der Waals surface area contributed by atoms with Crippen molar-refractivity contribution in [3.63, 3.8) is 0 Å². The minimum atomic E-state index is -0.444. The lowest BCUT2D eigenvalue weighted by atomic mass is 10.2. The van der Waals surface area contributed by atoms with Crippen LogP contribution in [0.3, 0.4) is 0 Å². The van der Waals surface area contributed by atoms with Crippen molar-refractivity contribution in [3.8, 4) is 5.75 Å².